The largest absolute Gasteiger partial charge is 0.475 e. The number of carboxylic acid groups (broad SMARTS) is 1. The molecule has 0 fully saturated rings. The van der Waals surface area contributed by atoms with Crippen molar-refractivity contribution in [2.24, 2.45) is 5.84 Å². The molecular weight excluding hydrogens is 112 g/mol. The molecule has 0 radical (unpaired) electrons. The highest BCUT2D eigenvalue weighted by atomic mass is 16.4. The Balaban J connectivity index is 3.49. The second-order valence-electron chi connectivity index (χ2n) is 1.11. The van der Waals surface area contributed by atoms with Crippen LogP contribution < -0.4 is 11.3 Å². The normalized spacial score (nSPS) is 8.62. The number of nitrogens with two attached hydrogens (primary N) is 1. The van der Waals surface area contributed by atoms with Crippen LogP contribution in [0.15, 0.2) is 0 Å². The van der Waals surface area contributed by atoms with Crippen LogP contribution in [0.4, 0.5) is 0 Å². The summed E-state index contributed by atoms with van der Waals surface area (Å²) in [5.74, 6) is 2.23. The molecule has 0 rings (SSSR count). The first-order chi connectivity index (χ1) is 3.68. The molecule has 0 heterocycles. The van der Waals surface area contributed by atoms with Gasteiger partial charge in [-0.1, -0.05) is 0 Å². The van der Waals surface area contributed by atoms with E-state index in [0.29, 0.717) is 0 Å². The van der Waals surface area contributed by atoms with Gasteiger partial charge in [-0.05, 0) is 0 Å². The topological polar surface area (TPSA) is 92.4 Å². The van der Waals surface area contributed by atoms with Crippen molar-refractivity contribution in [2.75, 3.05) is 6.54 Å². The minimum atomic E-state index is -1.47. The Kier molecular flexibility index (Phi) is 2.75. The van der Waals surface area contributed by atoms with Gasteiger partial charge in [-0.3, -0.25) is 16.1 Å². The number of aliphatic carboxylic acids is 1. The fourth-order valence-corrected chi connectivity index (χ4v) is 0.168. The lowest BCUT2D eigenvalue weighted by Crippen LogP contribution is -2.32. The van der Waals surface area contributed by atoms with Gasteiger partial charge in [-0.15, -0.1) is 0 Å². The second kappa shape index (κ2) is 3.11. The van der Waals surface area contributed by atoms with Crippen molar-refractivity contribution in [1.29, 1.82) is 0 Å². The van der Waals surface area contributed by atoms with Crippen LogP contribution in [0.2, 0.25) is 0 Å². The monoisotopic (exact) mass is 118 g/mol. The van der Waals surface area contributed by atoms with Crippen molar-refractivity contribution >= 4 is 11.8 Å². The molecule has 0 saturated carbocycles. The number of hydrogen-bond acceptors (Lipinski definition) is 4. The lowest BCUT2D eigenvalue weighted by Gasteiger charge is -1.88. The van der Waals surface area contributed by atoms with E-state index < -0.39 is 11.8 Å². The lowest BCUT2D eigenvalue weighted by molar-refractivity contribution is -0.148. The van der Waals surface area contributed by atoms with Crippen molar-refractivity contribution < 1.29 is 14.7 Å². The Morgan fingerprint density at radius 3 is 2.25 bits per heavy atom. The van der Waals surface area contributed by atoms with Gasteiger partial charge in [0.1, 0.15) is 0 Å². The Morgan fingerprint density at radius 1 is 1.62 bits per heavy atom. The van der Waals surface area contributed by atoms with Crippen LogP contribution in [0.25, 0.3) is 0 Å². The number of nitrogens with one attached hydrogen (secondary N) is 1. The average Bonchev–Trinajstić information content (AvgIpc) is 1.67. The van der Waals surface area contributed by atoms with Gasteiger partial charge in [-0.2, -0.15) is 0 Å². The quantitative estimate of drug-likeness (QED) is 0.229. The summed E-state index contributed by atoms with van der Waals surface area (Å²) < 4.78 is 0. The molecule has 5 nitrogen and oxygen atoms in total. The van der Waals surface area contributed by atoms with Gasteiger partial charge in [0, 0.05) is 0 Å². The van der Waals surface area contributed by atoms with E-state index in [4.69, 9.17) is 5.11 Å². The predicted octanol–water partition coefficient (Wildman–Crippen LogP) is -1.90. The van der Waals surface area contributed by atoms with Crippen LogP contribution >= 0.6 is 0 Å². The summed E-state index contributed by atoms with van der Waals surface area (Å²) in [5, 5.41) is 7.87. The van der Waals surface area contributed by atoms with Crippen LogP contribution in [0.5, 0.6) is 0 Å². The van der Waals surface area contributed by atoms with Gasteiger partial charge in [-0.25, -0.2) is 4.79 Å². The number of Topliss-reactive ketones (excluding diaryl/α,β-unsaturated/α-hetero) is 1. The fourth-order valence-electron chi connectivity index (χ4n) is 0.168. The molecule has 46 valence electrons. The summed E-state index contributed by atoms with van der Waals surface area (Å²) in [6, 6.07) is 0. The Hall–Kier alpha value is -0.940. The summed E-state index contributed by atoms with van der Waals surface area (Å²) in [6.45, 7) is -0.324. The number of carbonyl (C=O) groups excluding carboxylic acids is 1. The van der Waals surface area contributed by atoms with Gasteiger partial charge in [0.25, 0.3) is 5.78 Å². The fraction of sp³-hybridized carbons (Fsp3) is 0.333. The maximum atomic E-state index is 10.0. The SMILES string of the molecule is NNCC(=O)C(=O)O. The smallest absolute Gasteiger partial charge is 0.373 e. The molecule has 8 heavy (non-hydrogen) atoms. The lowest BCUT2D eigenvalue weighted by atomic mass is 10.4. The Bertz CT molecular complexity index is 111. The molecule has 0 aromatic heterocycles. The molecule has 0 aromatic carbocycles. The summed E-state index contributed by atoms with van der Waals surface area (Å²) in [4.78, 5) is 19.6. The van der Waals surface area contributed by atoms with E-state index in [1.54, 1.807) is 0 Å². The van der Waals surface area contributed by atoms with Crippen LogP contribution in [-0.2, 0) is 9.59 Å². The highest BCUT2D eigenvalue weighted by Crippen LogP contribution is 1.64. The van der Waals surface area contributed by atoms with Gasteiger partial charge < -0.3 is 5.11 Å². The zero-order chi connectivity index (χ0) is 6.57. The van der Waals surface area contributed by atoms with Crippen molar-refractivity contribution in [3.05, 3.63) is 0 Å². The molecule has 0 amide bonds. The van der Waals surface area contributed by atoms with Crippen molar-refractivity contribution in [3.63, 3.8) is 0 Å². The first-order valence-corrected chi connectivity index (χ1v) is 1.88. The third-order valence-electron chi connectivity index (χ3n) is 0.501. The number of rotatable bonds is 3. The van der Waals surface area contributed by atoms with Crippen LogP contribution in [0.3, 0.4) is 0 Å². The molecule has 0 saturated heterocycles. The van der Waals surface area contributed by atoms with Gasteiger partial charge in [0.05, 0.1) is 6.54 Å². The standard InChI is InChI=1S/C3H6N2O3/c4-5-1-2(6)3(7)8/h5H,1,4H2,(H,7,8). The van der Waals surface area contributed by atoms with E-state index in [1.807, 2.05) is 5.43 Å². The zero-order valence-electron chi connectivity index (χ0n) is 4.05. The first-order valence-electron chi connectivity index (χ1n) is 1.88. The van der Waals surface area contributed by atoms with Crippen LogP contribution in [-0.4, -0.2) is 23.4 Å². The third kappa shape index (κ3) is 2.27. The number of ketones is 1. The van der Waals surface area contributed by atoms with E-state index in [2.05, 4.69) is 5.84 Å². The summed E-state index contributed by atoms with van der Waals surface area (Å²) in [6.07, 6.45) is 0. The highest BCUT2D eigenvalue weighted by molar-refractivity contribution is 6.33. The molecule has 0 aromatic rings. The average molecular weight is 118 g/mol. The Labute approximate surface area is 45.4 Å². The van der Waals surface area contributed by atoms with Crippen molar-refractivity contribution in [3.8, 4) is 0 Å². The molecule has 0 aliphatic carbocycles. The minimum absolute atomic E-state index is 0.324. The van der Waals surface area contributed by atoms with Gasteiger partial charge in [0.15, 0.2) is 0 Å². The van der Waals surface area contributed by atoms with E-state index >= 15 is 0 Å². The summed E-state index contributed by atoms with van der Waals surface area (Å²) in [7, 11) is 0. The first kappa shape index (κ1) is 7.06. The van der Waals surface area contributed by atoms with E-state index in [1.165, 1.54) is 0 Å². The number of hydrazine groups is 1. The second-order valence-corrected chi connectivity index (χ2v) is 1.11. The molecule has 0 aliphatic rings. The van der Waals surface area contributed by atoms with E-state index in [9.17, 15) is 9.59 Å². The number of carbonyl (C=O) groups is 2. The third-order valence-corrected chi connectivity index (χ3v) is 0.501. The van der Waals surface area contributed by atoms with E-state index in [0.717, 1.165) is 0 Å². The van der Waals surface area contributed by atoms with E-state index in [-0.39, 0.29) is 6.54 Å². The number of carboxylic acids is 1. The molecule has 5 heteroatoms. The van der Waals surface area contributed by atoms with Gasteiger partial charge >= 0.3 is 5.97 Å². The summed E-state index contributed by atoms with van der Waals surface area (Å²) >= 11 is 0. The van der Waals surface area contributed by atoms with Crippen LogP contribution in [0.1, 0.15) is 0 Å². The zero-order valence-corrected chi connectivity index (χ0v) is 4.05. The molecule has 4 N–H and O–H groups in total. The van der Waals surface area contributed by atoms with Crippen molar-refractivity contribution in [1.82, 2.24) is 5.43 Å². The van der Waals surface area contributed by atoms with Crippen molar-refractivity contribution in [2.45, 2.75) is 0 Å². The molecule has 0 bridgehead atoms. The molecular formula is C3H6N2O3. The highest BCUT2D eigenvalue weighted by Gasteiger charge is 2.07. The molecule has 0 spiro atoms. The maximum absolute atomic E-state index is 10.0. The van der Waals surface area contributed by atoms with Crippen LogP contribution in [0, 0.1) is 0 Å². The van der Waals surface area contributed by atoms with Gasteiger partial charge in [0.2, 0.25) is 0 Å². The molecule has 0 atom stereocenters. The Morgan fingerprint density at radius 2 is 2.12 bits per heavy atom. The predicted molar refractivity (Wildman–Crippen MR) is 24.8 cm³/mol. The maximum Gasteiger partial charge on any atom is 0.373 e. The summed E-state index contributed by atoms with van der Waals surface area (Å²) in [5.41, 5.74) is 1.92. The molecule has 0 unspecified atom stereocenters. The number of hydrogen-bond donors (Lipinski definition) is 3. The minimum Gasteiger partial charge on any atom is -0.475 e. The molecule has 0 aliphatic heterocycles.